The van der Waals surface area contributed by atoms with Crippen LogP contribution in [0.3, 0.4) is 0 Å². The van der Waals surface area contributed by atoms with Crippen molar-refractivity contribution < 1.29 is 14.3 Å². The molecule has 0 aromatic heterocycles. The summed E-state index contributed by atoms with van der Waals surface area (Å²) in [5.41, 5.74) is 3.13. The molecule has 1 heterocycles. The average Bonchev–Trinajstić information content (AvgIpc) is 2.63. The summed E-state index contributed by atoms with van der Waals surface area (Å²) in [6, 6.07) is 15.9. The Hall–Kier alpha value is -2.53. The zero-order chi connectivity index (χ0) is 16.8. The molecular formula is C19H22N2O3. The molecule has 24 heavy (non-hydrogen) atoms. The summed E-state index contributed by atoms with van der Waals surface area (Å²) in [5.74, 6) is 0.768. The predicted molar refractivity (Wildman–Crippen MR) is 93.3 cm³/mol. The molecule has 0 atom stereocenters. The van der Waals surface area contributed by atoms with E-state index in [1.807, 2.05) is 48.5 Å². The van der Waals surface area contributed by atoms with Crippen LogP contribution in [0.2, 0.25) is 0 Å². The Balaban J connectivity index is 1.73. The van der Waals surface area contributed by atoms with Gasteiger partial charge in [0.2, 0.25) is 0 Å². The van der Waals surface area contributed by atoms with E-state index < -0.39 is 0 Å². The predicted octanol–water partition coefficient (Wildman–Crippen LogP) is 3.33. The number of hydrogen-bond donors (Lipinski definition) is 1. The van der Waals surface area contributed by atoms with Crippen LogP contribution in [0.15, 0.2) is 48.5 Å². The van der Waals surface area contributed by atoms with Gasteiger partial charge in [-0.1, -0.05) is 36.4 Å². The van der Waals surface area contributed by atoms with Crippen LogP contribution in [-0.4, -0.2) is 26.3 Å². The van der Waals surface area contributed by atoms with Crippen molar-refractivity contribution in [3.05, 3.63) is 59.7 Å². The summed E-state index contributed by atoms with van der Waals surface area (Å²) in [5, 5.41) is 2.90. The third-order valence-corrected chi connectivity index (χ3v) is 4.00. The number of urea groups is 1. The number of carbonyl (C=O) groups is 1. The Morgan fingerprint density at radius 1 is 1.17 bits per heavy atom. The minimum atomic E-state index is -0.0705. The van der Waals surface area contributed by atoms with Crippen molar-refractivity contribution in [1.82, 2.24) is 5.32 Å². The quantitative estimate of drug-likeness (QED) is 0.794. The molecule has 1 N–H and O–H groups in total. The van der Waals surface area contributed by atoms with Gasteiger partial charge in [0.15, 0.2) is 0 Å². The third kappa shape index (κ3) is 3.86. The van der Waals surface area contributed by atoms with Gasteiger partial charge < -0.3 is 14.8 Å². The Morgan fingerprint density at radius 3 is 2.79 bits per heavy atom. The number of amides is 2. The van der Waals surface area contributed by atoms with Crippen molar-refractivity contribution in [2.24, 2.45) is 0 Å². The van der Waals surface area contributed by atoms with Crippen LogP contribution < -0.4 is 15.0 Å². The molecule has 0 radical (unpaired) electrons. The maximum atomic E-state index is 12.2. The second-order valence-electron chi connectivity index (χ2n) is 5.72. The van der Waals surface area contributed by atoms with E-state index in [0.717, 1.165) is 29.0 Å². The summed E-state index contributed by atoms with van der Waals surface area (Å²) in [6.07, 6.45) is 0.790. The molecule has 2 aromatic carbocycles. The molecule has 5 heteroatoms. The molecule has 0 saturated heterocycles. The highest BCUT2D eigenvalue weighted by Gasteiger charge is 2.23. The van der Waals surface area contributed by atoms with Gasteiger partial charge >= 0.3 is 6.03 Å². The van der Waals surface area contributed by atoms with Gasteiger partial charge in [-0.05, 0) is 23.6 Å². The smallest absolute Gasteiger partial charge is 0.322 e. The lowest BCUT2D eigenvalue weighted by molar-refractivity contribution is 0.195. The molecule has 3 rings (SSSR count). The first-order chi connectivity index (χ1) is 11.8. The van der Waals surface area contributed by atoms with E-state index in [1.165, 1.54) is 0 Å². The summed E-state index contributed by atoms with van der Waals surface area (Å²) in [4.78, 5) is 13.9. The first-order valence-electron chi connectivity index (χ1n) is 8.12. The molecule has 0 aliphatic carbocycles. The number of hydrogen-bond acceptors (Lipinski definition) is 3. The van der Waals surface area contributed by atoms with E-state index in [9.17, 15) is 4.79 Å². The summed E-state index contributed by atoms with van der Waals surface area (Å²) < 4.78 is 11.0. The van der Waals surface area contributed by atoms with Gasteiger partial charge in [-0.3, -0.25) is 4.90 Å². The molecule has 0 spiro atoms. The normalized spacial score (nSPS) is 13.4. The van der Waals surface area contributed by atoms with Crippen molar-refractivity contribution in [2.75, 3.05) is 25.2 Å². The zero-order valence-corrected chi connectivity index (χ0v) is 13.8. The maximum Gasteiger partial charge on any atom is 0.322 e. The standard InChI is InChI=1S/C19H22N2O3/c1-23-11-5-10-21-18-12-17(9-8-16(18)13-20-19(21)22)24-14-15-6-3-2-4-7-15/h2-4,6-9,12H,5,10-11,13-14H2,1H3,(H,20,22). The van der Waals surface area contributed by atoms with Crippen LogP contribution >= 0.6 is 0 Å². The Morgan fingerprint density at radius 2 is 2.00 bits per heavy atom. The van der Waals surface area contributed by atoms with Gasteiger partial charge in [0.25, 0.3) is 0 Å². The molecule has 0 unspecified atom stereocenters. The number of methoxy groups -OCH3 is 1. The van der Waals surface area contributed by atoms with Crippen LogP contribution in [0.25, 0.3) is 0 Å². The minimum absolute atomic E-state index is 0.0705. The number of ether oxygens (including phenoxy) is 2. The SMILES string of the molecule is COCCCN1C(=O)NCc2ccc(OCc3ccccc3)cc21. The molecule has 126 valence electrons. The summed E-state index contributed by atoms with van der Waals surface area (Å²) in [6.45, 7) is 2.31. The van der Waals surface area contributed by atoms with Gasteiger partial charge in [-0.15, -0.1) is 0 Å². The van der Waals surface area contributed by atoms with E-state index in [0.29, 0.717) is 26.3 Å². The molecule has 2 aromatic rings. The van der Waals surface area contributed by atoms with Crippen LogP contribution in [0, 0.1) is 0 Å². The number of nitrogens with one attached hydrogen (secondary N) is 1. The number of benzene rings is 2. The second kappa shape index (κ2) is 7.84. The van der Waals surface area contributed by atoms with E-state index in [2.05, 4.69) is 5.32 Å². The van der Waals surface area contributed by atoms with Gasteiger partial charge in [-0.2, -0.15) is 0 Å². The van der Waals surface area contributed by atoms with Crippen LogP contribution in [-0.2, 0) is 17.9 Å². The van der Waals surface area contributed by atoms with Gasteiger partial charge in [-0.25, -0.2) is 4.79 Å². The Kier molecular flexibility index (Phi) is 5.33. The fourth-order valence-corrected chi connectivity index (χ4v) is 2.74. The lowest BCUT2D eigenvalue weighted by atomic mass is 10.1. The average molecular weight is 326 g/mol. The Labute approximate surface area is 142 Å². The summed E-state index contributed by atoms with van der Waals surface area (Å²) in [7, 11) is 1.67. The monoisotopic (exact) mass is 326 g/mol. The van der Waals surface area contributed by atoms with Crippen LogP contribution in [0.4, 0.5) is 10.5 Å². The largest absolute Gasteiger partial charge is 0.489 e. The molecule has 5 nitrogen and oxygen atoms in total. The number of fused-ring (bicyclic) bond motifs is 1. The number of anilines is 1. The van der Waals surface area contributed by atoms with E-state index >= 15 is 0 Å². The zero-order valence-electron chi connectivity index (χ0n) is 13.8. The van der Waals surface area contributed by atoms with E-state index in [4.69, 9.17) is 9.47 Å². The third-order valence-electron chi connectivity index (χ3n) is 4.00. The first kappa shape index (κ1) is 16.3. The van der Waals surface area contributed by atoms with Crippen molar-refractivity contribution in [1.29, 1.82) is 0 Å². The molecule has 1 aliphatic heterocycles. The molecule has 0 saturated carbocycles. The van der Waals surface area contributed by atoms with Gasteiger partial charge in [0, 0.05) is 32.9 Å². The van der Waals surface area contributed by atoms with Crippen molar-refractivity contribution in [3.8, 4) is 5.75 Å². The highest BCUT2D eigenvalue weighted by Crippen LogP contribution is 2.29. The summed E-state index contributed by atoms with van der Waals surface area (Å²) >= 11 is 0. The Bertz CT molecular complexity index is 688. The number of nitrogens with zero attached hydrogens (tertiary/aromatic N) is 1. The van der Waals surface area contributed by atoms with Gasteiger partial charge in [0.05, 0.1) is 5.69 Å². The number of rotatable bonds is 7. The first-order valence-corrected chi connectivity index (χ1v) is 8.12. The molecule has 0 bridgehead atoms. The fourth-order valence-electron chi connectivity index (χ4n) is 2.74. The van der Waals surface area contributed by atoms with Crippen LogP contribution in [0.1, 0.15) is 17.5 Å². The lowest BCUT2D eigenvalue weighted by Gasteiger charge is -2.30. The molecule has 0 fully saturated rings. The molecular weight excluding hydrogens is 304 g/mol. The molecule has 1 aliphatic rings. The molecule has 2 amide bonds. The van der Waals surface area contributed by atoms with E-state index in [1.54, 1.807) is 12.0 Å². The van der Waals surface area contributed by atoms with Gasteiger partial charge in [0.1, 0.15) is 12.4 Å². The lowest BCUT2D eigenvalue weighted by Crippen LogP contribution is -2.44. The second-order valence-corrected chi connectivity index (χ2v) is 5.72. The number of carbonyl (C=O) groups excluding carboxylic acids is 1. The maximum absolute atomic E-state index is 12.2. The van der Waals surface area contributed by atoms with E-state index in [-0.39, 0.29) is 6.03 Å². The van der Waals surface area contributed by atoms with Crippen molar-refractivity contribution in [3.63, 3.8) is 0 Å². The minimum Gasteiger partial charge on any atom is -0.489 e. The highest BCUT2D eigenvalue weighted by molar-refractivity contribution is 5.95. The van der Waals surface area contributed by atoms with Crippen molar-refractivity contribution in [2.45, 2.75) is 19.6 Å². The van der Waals surface area contributed by atoms with Crippen molar-refractivity contribution >= 4 is 11.7 Å². The highest BCUT2D eigenvalue weighted by atomic mass is 16.5. The fraction of sp³-hybridized carbons (Fsp3) is 0.316. The van der Waals surface area contributed by atoms with Crippen LogP contribution in [0.5, 0.6) is 5.75 Å². The topological polar surface area (TPSA) is 50.8 Å².